The minimum atomic E-state index is -1.17. The number of alkyl carbamates (subject to hydrolysis) is 1. The number of hydrogen-bond acceptors (Lipinski definition) is 6. The number of unbranched alkanes of at least 4 members (excludes halogenated alkanes) is 1. The lowest BCUT2D eigenvalue weighted by Gasteiger charge is -2.23. The van der Waals surface area contributed by atoms with Gasteiger partial charge in [0.25, 0.3) is 0 Å². The molecule has 0 aliphatic carbocycles. The first-order valence-electron chi connectivity index (χ1n) is 8.90. The Labute approximate surface area is 159 Å². The number of aliphatic carboxylic acids is 1. The van der Waals surface area contributed by atoms with Crippen LogP contribution in [0.25, 0.3) is 0 Å². The van der Waals surface area contributed by atoms with E-state index in [1.807, 2.05) is 0 Å². The van der Waals surface area contributed by atoms with E-state index in [0.29, 0.717) is 30.6 Å². The van der Waals surface area contributed by atoms with Gasteiger partial charge >= 0.3 is 6.09 Å². The third-order valence-electron chi connectivity index (χ3n) is 3.52. The molecule has 0 aromatic heterocycles. The molecule has 1 aromatic rings. The van der Waals surface area contributed by atoms with Crippen LogP contribution < -0.4 is 21.5 Å². The first-order valence-corrected chi connectivity index (χ1v) is 8.90. The third kappa shape index (κ3) is 9.60. The number of carboxylic acids is 1. The first kappa shape index (κ1) is 22.4. The number of benzene rings is 1. The van der Waals surface area contributed by atoms with Gasteiger partial charge in [0.2, 0.25) is 5.91 Å². The Hall–Kier alpha value is -2.61. The van der Waals surface area contributed by atoms with Crippen LogP contribution in [0.4, 0.5) is 10.5 Å². The second-order valence-electron chi connectivity index (χ2n) is 7.22. The zero-order valence-corrected chi connectivity index (χ0v) is 16.0. The molecule has 1 aromatic carbocycles. The highest BCUT2D eigenvalue weighted by Crippen LogP contribution is 2.13. The topological polar surface area (TPSA) is 134 Å². The molecule has 0 heterocycles. The van der Waals surface area contributed by atoms with Gasteiger partial charge in [-0.3, -0.25) is 4.79 Å². The van der Waals surface area contributed by atoms with Crippen molar-refractivity contribution in [1.82, 2.24) is 5.32 Å². The second kappa shape index (κ2) is 10.5. The van der Waals surface area contributed by atoms with Crippen LogP contribution in [0, 0.1) is 0 Å². The lowest BCUT2D eigenvalue weighted by Crippen LogP contribution is -2.45. The molecule has 0 aliphatic heterocycles. The number of nitrogens with one attached hydrogen (secondary N) is 2. The maximum atomic E-state index is 12.6. The van der Waals surface area contributed by atoms with E-state index in [9.17, 15) is 19.5 Å². The van der Waals surface area contributed by atoms with Gasteiger partial charge in [0.05, 0.1) is 0 Å². The van der Waals surface area contributed by atoms with Crippen molar-refractivity contribution in [3.63, 3.8) is 0 Å². The summed E-state index contributed by atoms with van der Waals surface area (Å²) in [5.74, 6) is -1.56. The third-order valence-corrected chi connectivity index (χ3v) is 3.52. The molecule has 8 nitrogen and oxygen atoms in total. The van der Waals surface area contributed by atoms with Gasteiger partial charge in [-0.2, -0.15) is 0 Å². The molecule has 2 amide bonds. The highest BCUT2D eigenvalue weighted by molar-refractivity contribution is 5.96. The van der Waals surface area contributed by atoms with Crippen LogP contribution in [0.15, 0.2) is 24.3 Å². The fourth-order valence-electron chi connectivity index (χ4n) is 2.31. The Morgan fingerprint density at radius 3 is 2.30 bits per heavy atom. The normalized spacial score (nSPS) is 12.1. The molecule has 27 heavy (non-hydrogen) atoms. The molecule has 0 spiro atoms. The average Bonchev–Trinajstić information content (AvgIpc) is 2.53. The van der Waals surface area contributed by atoms with Gasteiger partial charge in [0.1, 0.15) is 11.6 Å². The van der Waals surface area contributed by atoms with Crippen molar-refractivity contribution in [2.24, 2.45) is 5.73 Å². The van der Waals surface area contributed by atoms with Crippen molar-refractivity contribution in [2.45, 2.75) is 58.1 Å². The van der Waals surface area contributed by atoms with Crippen LogP contribution in [0.5, 0.6) is 0 Å². The summed E-state index contributed by atoms with van der Waals surface area (Å²) >= 11 is 0. The van der Waals surface area contributed by atoms with Gasteiger partial charge in [-0.15, -0.1) is 0 Å². The Balaban J connectivity index is 2.73. The van der Waals surface area contributed by atoms with Crippen molar-refractivity contribution in [3.8, 4) is 0 Å². The number of ether oxygens (including phenoxy) is 1. The van der Waals surface area contributed by atoms with Gasteiger partial charge in [0.15, 0.2) is 0 Å². The standard InChI is InChI=1S/C19H29N3O5/c1-19(2,3)27-18(26)22-15(6-4-5-11-20)17(25)21-14-9-7-13(8-10-14)12-16(23)24/h7-10,15H,4-6,11-12,20H2,1-3H3,(H,21,25)(H,22,26)(H,23,24)/p-1. The second-order valence-corrected chi connectivity index (χ2v) is 7.22. The molecular weight excluding hydrogens is 350 g/mol. The zero-order valence-electron chi connectivity index (χ0n) is 16.0. The Morgan fingerprint density at radius 1 is 1.15 bits per heavy atom. The number of carbonyl (C=O) groups excluding carboxylic acids is 3. The van der Waals surface area contributed by atoms with Gasteiger partial charge in [-0.05, 0) is 64.3 Å². The Kier molecular flexibility index (Phi) is 8.74. The van der Waals surface area contributed by atoms with E-state index in [1.165, 1.54) is 0 Å². The number of nitrogens with two attached hydrogens (primary N) is 1. The molecule has 8 heteroatoms. The van der Waals surface area contributed by atoms with Crippen LogP contribution in [0.3, 0.4) is 0 Å². The van der Waals surface area contributed by atoms with Gasteiger partial charge < -0.3 is 31.0 Å². The predicted molar refractivity (Wildman–Crippen MR) is 99.8 cm³/mol. The number of hydrogen-bond donors (Lipinski definition) is 3. The highest BCUT2D eigenvalue weighted by Gasteiger charge is 2.24. The number of carboxylic acid groups (broad SMARTS) is 1. The van der Waals surface area contributed by atoms with E-state index in [2.05, 4.69) is 10.6 Å². The van der Waals surface area contributed by atoms with Crippen LogP contribution in [0.2, 0.25) is 0 Å². The van der Waals surface area contributed by atoms with E-state index in [0.717, 1.165) is 6.42 Å². The molecule has 1 atom stereocenters. The monoisotopic (exact) mass is 378 g/mol. The predicted octanol–water partition coefficient (Wildman–Crippen LogP) is 0.940. The zero-order chi connectivity index (χ0) is 20.4. The summed E-state index contributed by atoms with van der Waals surface area (Å²) in [6.45, 7) is 5.72. The Bertz CT molecular complexity index is 638. The quantitative estimate of drug-likeness (QED) is 0.548. The number of rotatable bonds is 9. The van der Waals surface area contributed by atoms with Gasteiger partial charge in [-0.1, -0.05) is 12.1 Å². The fourth-order valence-corrected chi connectivity index (χ4v) is 2.31. The van der Waals surface area contributed by atoms with Gasteiger partial charge in [0, 0.05) is 18.1 Å². The van der Waals surface area contributed by atoms with Crippen molar-refractivity contribution in [2.75, 3.05) is 11.9 Å². The minimum absolute atomic E-state index is 0.198. The summed E-state index contributed by atoms with van der Waals surface area (Å²) < 4.78 is 5.21. The number of carbonyl (C=O) groups is 3. The average molecular weight is 378 g/mol. The fraction of sp³-hybridized carbons (Fsp3) is 0.526. The van der Waals surface area contributed by atoms with Crippen LogP contribution in [-0.4, -0.2) is 36.2 Å². The molecule has 0 fully saturated rings. The van der Waals surface area contributed by atoms with E-state index < -0.39 is 23.7 Å². The molecule has 0 bridgehead atoms. The highest BCUT2D eigenvalue weighted by atomic mass is 16.6. The largest absolute Gasteiger partial charge is 0.550 e. The van der Waals surface area contributed by atoms with E-state index in [4.69, 9.17) is 10.5 Å². The molecular formula is C19H28N3O5-. The van der Waals surface area contributed by atoms with Crippen molar-refractivity contribution in [1.29, 1.82) is 0 Å². The van der Waals surface area contributed by atoms with Crippen molar-refractivity contribution in [3.05, 3.63) is 29.8 Å². The molecule has 1 unspecified atom stereocenters. The summed E-state index contributed by atoms with van der Waals surface area (Å²) in [4.78, 5) is 35.2. The van der Waals surface area contributed by atoms with Crippen molar-refractivity contribution >= 4 is 23.7 Å². The molecule has 1 rings (SSSR count). The lowest BCUT2D eigenvalue weighted by molar-refractivity contribution is -0.304. The summed E-state index contributed by atoms with van der Waals surface area (Å²) in [7, 11) is 0. The molecule has 0 saturated carbocycles. The first-order chi connectivity index (χ1) is 12.6. The SMILES string of the molecule is CC(C)(C)OC(=O)NC(CCCCN)C(=O)Nc1ccc(CC(=O)[O-])cc1. The van der Waals surface area contributed by atoms with E-state index in [-0.39, 0.29) is 12.3 Å². The molecule has 0 aliphatic rings. The van der Waals surface area contributed by atoms with Crippen LogP contribution >= 0.6 is 0 Å². The number of anilines is 1. The van der Waals surface area contributed by atoms with E-state index >= 15 is 0 Å². The minimum Gasteiger partial charge on any atom is -0.550 e. The van der Waals surface area contributed by atoms with Crippen molar-refractivity contribution < 1.29 is 24.2 Å². The van der Waals surface area contributed by atoms with Gasteiger partial charge in [-0.25, -0.2) is 4.79 Å². The maximum absolute atomic E-state index is 12.6. The lowest BCUT2D eigenvalue weighted by atomic mass is 10.1. The van der Waals surface area contributed by atoms with E-state index in [1.54, 1.807) is 45.0 Å². The summed E-state index contributed by atoms with van der Waals surface area (Å²) in [6.07, 6.45) is 0.966. The summed E-state index contributed by atoms with van der Waals surface area (Å²) in [6, 6.07) is 5.61. The Morgan fingerprint density at radius 2 is 1.78 bits per heavy atom. The summed E-state index contributed by atoms with van der Waals surface area (Å²) in [5, 5.41) is 15.9. The molecule has 0 saturated heterocycles. The number of amides is 2. The maximum Gasteiger partial charge on any atom is 0.408 e. The van der Waals surface area contributed by atoms with Crippen LogP contribution in [-0.2, 0) is 20.7 Å². The van der Waals surface area contributed by atoms with Crippen LogP contribution in [0.1, 0.15) is 45.6 Å². The molecule has 4 N–H and O–H groups in total. The molecule has 0 radical (unpaired) electrons. The molecule has 150 valence electrons. The summed E-state index contributed by atoms with van der Waals surface area (Å²) in [5.41, 5.74) is 5.89. The smallest absolute Gasteiger partial charge is 0.408 e.